The van der Waals surface area contributed by atoms with Gasteiger partial charge in [-0.1, -0.05) is 12.1 Å². The topological polar surface area (TPSA) is 56.3 Å². The van der Waals surface area contributed by atoms with Crippen molar-refractivity contribution >= 4 is 0 Å². The van der Waals surface area contributed by atoms with Crippen molar-refractivity contribution in [3.05, 3.63) is 59.9 Å². The van der Waals surface area contributed by atoms with E-state index in [-0.39, 0.29) is 6.10 Å². The van der Waals surface area contributed by atoms with Crippen molar-refractivity contribution in [2.45, 2.75) is 51.0 Å². The minimum Gasteiger partial charge on any atom is -0.474 e. The number of ether oxygens (including phenoxy) is 2. The predicted octanol–water partition coefficient (Wildman–Crippen LogP) is 4.28. The van der Waals surface area contributed by atoms with Gasteiger partial charge in [0.25, 0.3) is 0 Å². The first kappa shape index (κ1) is 17.0. The Kier molecular flexibility index (Phi) is 3.84. The Balaban J connectivity index is 1.27. The average Bonchev–Trinajstić information content (AvgIpc) is 2.72. The highest BCUT2D eigenvalue weighted by Crippen LogP contribution is 2.39. The molecule has 2 bridgehead atoms. The Bertz CT molecular complexity index is 1080. The van der Waals surface area contributed by atoms with Gasteiger partial charge in [-0.25, -0.2) is 0 Å². The summed E-state index contributed by atoms with van der Waals surface area (Å²) in [7, 11) is 0. The summed E-state index contributed by atoms with van der Waals surface area (Å²) >= 11 is 0. The molecule has 146 valence electrons. The van der Waals surface area contributed by atoms with Crippen LogP contribution in [0.15, 0.2) is 48.7 Å². The van der Waals surface area contributed by atoms with Crippen LogP contribution in [-0.2, 0) is 6.61 Å². The quantitative estimate of drug-likeness (QED) is 0.729. The second-order valence-electron chi connectivity index (χ2n) is 8.36. The third-order valence-corrected chi connectivity index (χ3v) is 6.25. The van der Waals surface area contributed by atoms with E-state index in [2.05, 4.69) is 45.6 Å². The minimum absolute atomic E-state index is 0.257. The molecule has 3 atom stereocenters. The summed E-state index contributed by atoms with van der Waals surface area (Å²) in [6, 6.07) is 16.0. The Morgan fingerprint density at radius 3 is 2.59 bits per heavy atom. The van der Waals surface area contributed by atoms with Gasteiger partial charge < -0.3 is 14.8 Å². The van der Waals surface area contributed by atoms with Crippen LogP contribution in [-0.4, -0.2) is 28.2 Å². The molecule has 2 aromatic heterocycles. The third-order valence-electron chi connectivity index (χ3n) is 6.25. The highest BCUT2D eigenvalue weighted by atomic mass is 16.5. The smallest absolute Gasteiger partial charge is 0.225 e. The molecule has 0 amide bonds. The zero-order valence-electron chi connectivity index (χ0n) is 16.4. The van der Waals surface area contributed by atoms with Crippen LogP contribution in [0.25, 0.3) is 22.3 Å². The number of hydrogen-bond donors (Lipinski definition) is 1. The first-order valence-corrected chi connectivity index (χ1v) is 10.3. The van der Waals surface area contributed by atoms with E-state index >= 15 is 0 Å². The van der Waals surface area contributed by atoms with Gasteiger partial charge in [0, 0.05) is 35.6 Å². The molecule has 7 rings (SSSR count). The Labute approximate surface area is 170 Å². The summed E-state index contributed by atoms with van der Waals surface area (Å²) in [4.78, 5) is 8.96. The van der Waals surface area contributed by atoms with Crippen molar-refractivity contribution in [2.75, 3.05) is 0 Å². The summed E-state index contributed by atoms with van der Waals surface area (Å²) in [5.41, 5.74) is 6.77. The Morgan fingerprint density at radius 2 is 1.76 bits per heavy atom. The summed E-state index contributed by atoms with van der Waals surface area (Å²) in [5.74, 6) is 1.34. The van der Waals surface area contributed by atoms with Gasteiger partial charge >= 0.3 is 0 Å². The van der Waals surface area contributed by atoms with Crippen molar-refractivity contribution in [3.63, 3.8) is 0 Å². The largest absolute Gasteiger partial charge is 0.474 e. The number of benzene rings is 1. The molecule has 5 heterocycles. The van der Waals surface area contributed by atoms with Crippen LogP contribution in [0.4, 0.5) is 0 Å². The number of hydrogen-bond acceptors (Lipinski definition) is 5. The lowest BCUT2D eigenvalue weighted by Crippen LogP contribution is -2.60. The van der Waals surface area contributed by atoms with E-state index in [9.17, 15) is 0 Å². The fraction of sp³-hybridized carbons (Fsp3) is 0.333. The highest BCUT2D eigenvalue weighted by molar-refractivity contribution is 5.77. The maximum atomic E-state index is 6.16. The second-order valence-corrected chi connectivity index (χ2v) is 8.36. The SMILES string of the molecule is Cc1cc(-c2ccc3c(c2)COc2nc(OC4C[C@@H]5C[C@H](C4)N5)ccc2-3)ccn1. The molecule has 3 aromatic rings. The molecule has 3 aliphatic heterocycles. The number of aromatic nitrogens is 2. The maximum absolute atomic E-state index is 6.16. The molecular weight excluding hydrogens is 362 g/mol. The van der Waals surface area contributed by atoms with Gasteiger partial charge in [-0.2, -0.15) is 4.98 Å². The van der Waals surface area contributed by atoms with Crippen LogP contribution in [0, 0.1) is 6.92 Å². The van der Waals surface area contributed by atoms with Crippen LogP contribution in [0.3, 0.4) is 0 Å². The second kappa shape index (κ2) is 6.56. The first-order chi connectivity index (χ1) is 14.2. The van der Waals surface area contributed by atoms with Gasteiger partial charge in [-0.15, -0.1) is 0 Å². The lowest BCUT2D eigenvalue weighted by molar-refractivity contribution is 0.0521. The molecule has 2 saturated heterocycles. The molecule has 0 spiro atoms. The molecule has 3 fully saturated rings. The molecule has 4 aliphatic rings. The molecule has 1 unspecified atom stereocenters. The lowest BCUT2D eigenvalue weighted by atomic mass is 9.81. The lowest BCUT2D eigenvalue weighted by Gasteiger charge is -2.46. The van der Waals surface area contributed by atoms with Crippen LogP contribution in [0.5, 0.6) is 11.8 Å². The van der Waals surface area contributed by atoms with Gasteiger partial charge in [0.05, 0.1) is 0 Å². The normalized spacial score (nSPS) is 24.0. The van der Waals surface area contributed by atoms with E-state index in [1.807, 2.05) is 25.3 Å². The molecule has 1 aliphatic carbocycles. The summed E-state index contributed by atoms with van der Waals surface area (Å²) in [6.45, 7) is 2.54. The van der Waals surface area contributed by atoms with Gasteiger partial charge in [0.15, 0.2) is 0 Å². The predicted molar refractivity (Wildman–Crippen MR) is 111 cm³/mol. The number of rotatable bonds is 3. The number of fused-ring (bicyclic) bond motifs is 5. The van der Waals surface area contributed by atoms with Crippen LogP contribution < -0.4 is 14.8 Å². The highest BCUT2D eigenvalue weighted by Gasteiger charge is 2.38. The number of piperidine rings is 1. The van der Waals surface area contributed by atoms with Crippen molar-refractivity contribution in [1.82, 2.24) is 15.3 Å². The van der Waals surface area contributed by atoms with Crippen molar-refractivity contribution < 1.29 is 9.47 Å². The van der Waals surface area contributed by atoms with Crippen molar-refractivity contribution in [1.29, 1.82) is 0 Å². The molecule has 1 saturated carbocycles. The van der Waals surface area contributed by atoms with E-state index in [4.69, 9.17) is 9.47 Å². The van der Waals surface area contributed by atoms with Crippen molar-refractivity contribution in [3.8, 4) is 34.0 Å². The average molecular weight is 385 g/mol. The first-order valence-electron chi connectivity index (χ1n) is 10.3. The van der Waals surface area contributed by atoms with E-state index in [1.54, 1.807) is 0 Å². The Hall–Kier alpha value is -2.92. The number of nitrogens with zero attached hydrogens (tertiary/aromatic N) is 2. The minimum atomic E-state index is 0.257. The zero-order valence-corrected chi connectivity index (χ0v) is 16.4. The zero-order chi connectivity index (χ0) is 19.4. The number of nitrogens with one attached hydrogen (secondary N) is 1. The van der Waals surface area contributed by atoms with Gasteiger partial charge in [0.2, 0.25) is 11.8 Å². The number of aryl methyl sites for hydroxylation is 1. The van der Waals surface area contributed by atoms with Crippen LogP contribution >= 0.6 is 0 Å². The Morgan fingerprint density at radius 1 is 0.966 bits per heavy atom. The van der Waals surface area contributed by atoms with Gasteiger partial charge in [-0.05, 0) is 72.7 Å². The number of pyridine rings is 2. The fourth-order valence-electron chi connectivity index (χ4n) is 4.81. The summed E-state index contributed by atoms with van der Waals surface area (Å²) < 4.78 is 12.2. The molecule has 1 aromatic carbocycles. The third kappa shape index (κ3) is 3.06. The summed E-state index contributed by atoms with van der Waals surface area (Å²) in [5, 5.41) is 3.55. The van der Waals surface area contributed by atoms with Gasteiger partial charge in [-0.3, -0.25) is 4.98 Å². The van der Waals surface area contributed by atoms with E-state index < -0.39 is 0 Å². The molecule has 5 nitrogen and oxygen atoms in total. The molecule has 1 N–H and O–H groups in total. The molecule has 0 radical (unpaired) electrons. The van der Waals surface area contributed by atoms with E-state index in [0.29, 0.717) is 30.5 Å². The summed E-state index contributed by atoms with van der Waals surface area (Å²) in [6.07, 6.45) is 5.53. The molecular formula is C24H23N3O2. The van der Waals surface area contributed by atoms with Crippen molar-refractivity contribution in [2.24, 2.45) is 0 Å². The maximum Gasteiger partial charge on any atom is 0.225 e. The van der Waals surface area contributed by atoms with E-state index in [1.165, 1.54) is 28.7 Å². The fourth-order valence-corrected chi connectivity index (χ4v) is 4.81. The van der Waals surface area contributed by atoms with E-state index in [0.717, 1.165) is 24.1 Å². The standard InChI is InChI=1S/C24H23N3O2/c1-14-8-16(6-7-25-14)15-2-3-21-17(9-15)13-28-24-22(21)4-5-23(27-24)29-20-11-18-10-19(12-20)26-18/h2-9,18-20,26H,10-13H2,1H3/t18-,19+,20?. The van der Waals surface area contributed by atoms with Crippen LogP contribution in [0.2, 0.25) is 0 Å². The molecule has 29 heavy (non-hydrogen) atoms. The van der Waals surface area contributed by atoms with Gasteiger partial charge in [0.1, 0.15) is 12.7 Å². The van der Waals surface area contributed by atoms with Crippen LogP contribution in [0.1, 0.15) is 30.5 Å². The monoisotopic (exact) mass is 385 g/mol. The molecule has 5 heteroatoms.